The van der Waals surface area contributed by atoms with Gasteiger partial charge in [0.1, 0.15) is 11.5 Å². The summed E-state index contributed by atoms with van der Waals surface area (Å²) in [5.74, 6) is -0.758. The van der Waals surface area contributed by atoms with Crippen molar-refractivity contribution in [1.29, 1.82) is 5.26 Å². The predicted molar refractivity (Wildman–Crippen MR) is 64.0 cm³/mol. The first-order chi connectivity index (χ1) is 8.61. The molecule has 1 saturated heterocycles. The lowest BCUT2D eigenvalue weighted by Gasteiger charge is -2.29. The minimum Gasteiger partial charge on any atom is -0.508 e. The average Bonchev–Trinajstić information content (AvgIpc) is 2.38. The fourth-order valence-electron chi connectivity index (χ4n) is 2.14. The Kier molecular flexibility index (Phi) is 3.38. The van der Waals surface area contributed by atoms with E-state index in [1.165, 1.54) is 12.1 Å². The van der Waals surface area contributed by atoms with Crippen molar-refractivity contribution in [3.8, 4) is 17.6 Å². The van der Waals surface area contributed by atoms with Gasteiger partial charge in [-0.05, 0) is 25.0 Å². The minimum atomic E-state index is -0.299. The molecule has 0 bridgehead atoms. The number of nitrogens with zero attached hydrogens (tertiary/aromatic N) is 2. The van der Waals surface area contributed by atoms with E-state index in [-0.39, 0.29) is 28.9 Å². The lowest BCUT2D eigenvalue weighted by Crippen LogP contribution is -2.39. The largest absolute Gasteiger partial charge is 0.508 e. The Hall–Kier alpha value is -2.22. The maximum atomic E-state index is 12.2. The Morgan fingerprint density at radius 1 is 1.44 bits per heavy atom. The van der Waals surface area contributed by atoms with Crippen LogP contribution in [-0.4, -0.2) is 34.1 Å². The standard InChI is InChI=1S/C13H14N2O3/c14-7-9-2-1-5-15(8-9)13(18)11-4-3-10(16)6-12(11)17/h3-4,6,9,16-17H,1-2,5,8H2. The zero-order valence-electron chi connectivity index (χ0n) is 9.83. The van der Waals surface area contributed by atoms with E-state index in [4.69, 9.17) is 5.26 Å². The molecular formula is C13H14N2O3. The molecular weight excluding hydrogens is 232 g/mol. The molecule has 1 aliphatic heterocycles. The van der Waals surface area contributed by atoms with Gasteiger partial charge in [-0.15, -0.1) is 0 Å². The summed E-state index contributed by atoms with van der Waals surface area (Å²) in [6.07, 6.45) is 1.60. The second-order valence-corrected chi connectivity index (χ2v) is 4.42. The zero-order valence-corrected chi connectivity index (χ0v) is 9.83. The molecule has 1 aromatic carbocycles. The van der Waals surface area contributed by atoms with Gasteiger partial charge in [0.25, 0.3) is 5.91 Å². The van der Waals surface area contributed by atoms with Gasteiger partial charge in [0.15, 0.2) is 0 Å². The summed E-state index contributed by atoms with van der Waals surface area (Å²) in [5, 5.41) is 27.7. The SMILES string of the molecule is N#CC1CCCN(C(=O)c2ccc(O)cc2O)C1. The highest BCUT2D eigenvalue weighted by Gasteiger charge is 2.25. The Bertz CT molecular complexity index is 507. The highest BCUT2D eigenvalue weighted by molar-refractivity contribution is 5.97. The van der Waals surface area contributed by atoms with Crippen LogP contribution in [0.3, 0.4) is 0 Å². The van der Waals surface area contributed by atoms with Crippen LogP contribution in [-0.2, 0) is 0 Å². The Balaban J connectivity index is 2.18. The van der Waals surface area contributed by atoms with E-state index in [9.17, 15) is 15.0 Å². The van der Waals surface area contributed by atoms with E-state index in [2.05, 4.69) is 6.07 Å². The lowest BCUT2D eigenvalue weighted by atomic mass is 9.99. The van der Waals surface area contributed by atoms with E-state index in [1.54, 1.807) is 4.90 Å². The molecule has 0 radical (unpaired) electrons. The molecule has 0 aliphatic carbocycles. The van der Waals surface area contributed by atoms with Crippen LogP contribution in [0.4, 0.5) is 0 Å². The second kappa shape index (κ2) is 4.96. The topological polar surface area (TPSA) is 84.6 Å². The molecule has 94 valence electrons. The molecule has 18 heavy (non-hydrogen) atoms. The van der Waals surface area contributed by atoms with Gasteiger partial charge in [-0.1, -0.05) is 0 Å². The Morgan fingerprint density at radius 2 is 2.22 bits per heavy atom. The molecule has 2 rings (SSSR count). The van der Waals surface area contributed by atoms with E-state index in [0.717, 1.165) is 18.9 Å². The van der Waals surface area contributed by atoms with Crippen molar-refractivity contribution < 1.29 is 15.0 Å². The van der Waals surface area contributed by atoms with Crippen molar-refractivity contribution in [1.82, 2.24) is 4.90 Å². The van der Waals surface area contributed by atoms with Gasteiger partial charge in [-0.2, -0.15) is 5.26 Å². The van der Waals surface area contributed by atoms with Crippen LogP contribution in [0.25, 0.3) is 0 Å². The van der Waals surface area contributed by atoms with Crippen LogP contribution in [0.2, 0.25) is 0 Å². The average molecular weight is 246 g/mol. The Morgan fingerprint density at radius 3 is 2.89 bits per heavy atom. The van der Waals surface area contributed by atoms with Crippen LogP contribution in [0, 0.1) is 17.2 Å². The number of rotatable bonds is 1. The van der Waals surface area contributed by atoms with Gasteiger partial charge in [0.05, 0.1) is 17.6 Å². The van der Waals surface area contributed by atoms with E-state index in [1.807, 2.05) is 0 Å². The van der Waals surface area contributed by atoms with E-state index in [0.29, 0.717) is 13.1 Å². The summed E-state index contributed by atoms with van der Waals surface area (Å²) in [6, 6.07) is 6.06. The Labute approximate surface area is 105 Å². The monoisotopic (exact) mass is 246 g/mol. The van der Waals surface area contributed by atoms with Crippen LogP contribution >= 0.6 is 0 Å². The smallest absolute Gasteiger partial charge is 0.257 e. The molecule has 0 saturated carbocycles. The van der Waals surface area contributed by atoms with E-state index < -0.39 is 0 Å². The van der Waals surface area contributed by atoms with Crippen molar-refractivity contribution in [2.24, 2.45) is 5.92 Å². The van der Waals surface area contributed by atoms with Crippen molar-refractivity contribution in [3.63, 3.8) is 0 Å². The number of amides is 1. The number of hydrogen-bond donors (Lipinski definition) is 2. The molecule has 1 fully saturated rings. The lowest BCUT2D eigenvalue weighted by molar-refractivity contribution is 0.0695. The number of phenolic OH excluding ortho intramolecular Hbond substituents is 2. The van der Waals surface area contributed by atoms with Crippen molar-refractivity contribution >= 4 is 5.91 Å². The van der Waals surface area contributed by atoms with Crippen LogP contribution in [0.15, 0.2) is 18.2 Å². The van der Waals surface area contributed by atoms with Gasteiger partial charge < -0.3 is 15.1 Å². The fraction of sp³-hybridized carbons (Fsp3) is 0.385. The molecule has 2 N–H and O–H groups in total. The fourth-order valence-corrected chi connectivity index (χ4v) is 2.14. The van der Waals surface area contributed by atoms with Gasteiger partial charge in [-0.25, -0.2) is 0 Å². The number of likely N-dealkylation sites (tertiary alicyclic amines) is 1. The number of piperidine rings is 1. The van der Waals surface area contributed by atoms with Crippen molar-refractivity contribution in [2.45, 2.75) is 12.8 Å². The maximum Gasteiger partial charge on any atom is 0.257 e. The first-order valence-corrected chi connectivity index (χ1v) is 5.82. The molecule has 0 aromatic heterocycles. The molecule has 1 heterocycles. The highest BCUT2D eigenvalue weighted by Crippen LogP contribution is 2.25. The first-order valence-electron chi connectivity index (χ1n) is 5.82. The van der Waals surface area contributed by atoms with E-state index >= 15 is 0 Å². The van der Waals surface area contributed by atoms with Crippen molar-refractivity contribution in [2.75, 3.05) is 13.1 Å². The number of phenols is 2. The van der Waals surface area contributed by atoms with Gasteiger partial charge >= 0.3 is 0 Å². The molecule has 5 heteroatoms. The summed E-state index contributed by atoms with van der Waals surface area (Å²) in [4.78, 5) is 13.7. The maximum absolute atomic E-state index is 12.2. The van der Waals surface area contributed by atoms with Crippen LogP contribution < -0.4 is 0 Å². The molecule has 0 spiro atoms. The molecule has 1 aromatic rings. The summed E-state index contributed by atoms with van der Waals surface area (Å²) in [7, 11) is 0. The minimum absolute atomic E-state index is 0.0856. The summed E-state index contributed by atoms with van der Waals surface area (Å²) >= 11 is 0. The third kappa shape index (κ3) is 2.38. The summed E-state index contributed by atoms with van der Waals surface area (Å²) in [6.45, 7) is 0.993. The number of nitriles is 1. The molecule has 5 nitrogen and oxygen atoms in total. The van der Waals surface area contributed by atoms with Crippen molar-refractivity contribution in [3.05, 3.63) is 23.8 Å². The predicted octanol–water partition coefficient (Wildman–Crippen LogP) is 1.47. The summed E-state index contributed by atoms with van der Waals surface area (Å²) in [5.41, 5.74) is 0.159. The van der Waals surface area contributed by atoms with Gasteiger partial charge in [0, 0.05) is 19.2 Å². The normalized spacial score (nSPS) is 19.3. The highest BCUT2D eigenvalue weighted by atomic mass is 16.3. The zero-order chi connectivity index (χ0) is 13.1. The van der Waals surface area contributed by atoms with Gasteiger partial charge in [0.2, 0.25) is 0 Å². The summed E-state index contributed by atoms with van der Waals surface area (Å²) < 4.78 is 0. The number of carbonyl (C=O) groups excluding carboxylic acids is 1. The third-order valence-corrected chi connectivity index (χ3v) is 3.10. The number of hydrogen-bond acceptors (Lipinski definition) is 4. The first kappa shape index (κ1) is 12.2. The number of carbonyl (C=O) groups is 1. The van der Waals surface area contributed by atoms with Crippen LogP contribution in [0.1, 0.15) is 23.2 Å². The third-order valence-electron chi connectivity index (χ3n) is 3.10. The molecule has 1 unspecified atom stereocenters. The molecule has 1 atom stereocenters. The number of aromatic hydroxyl groups is 2. The quantitative estimate of drug-likeness (QED) is 0.785. The molecule has 1 aliphatic rings. The van der Waals surface area contributed by atoms with Crippen LogP contribution in [0.5, 0.6) is 11.5 Å². The molecule has 1 amide bonds. The van der Waals surface area contributed by atoms with Gasteiger partial charge in [-0.3, -0.25) is 4.79 Å². The second-order valence-electron chi connectivity index (χ2n) is 4.42. The number of benzene rings is 1.